The number of likely N-dealkylation sites (tertiary alicyclic amines) is 1. The van der Waals surface area contributed by atoms with Crippen molar-refractivity contribution in [1.82, 2.24) is 53.1 Å². The number of thiocarbonyl (C=S) groups is 1. The fourth-order valence-corrected chi connectivity index (χ4v) is 4.81. The number of aryl methyl sites for hydroxylation is 5. The number of isothiocyanates is 1. The number of amides is 3. The third kappa shape index (κ3) is 70.4. The number of sulfonamides is 1. The highest BCUT2D eigenvalue weighted by Crippen LogP contribution is 2.27. The number of rotatable bonds is 1. The Balaban J connectivity index is -0.0000000914. The number of isocyanates is 1. The first-order valence-electron chi connectivity index (χ1n) is 23.4. The van der Waals surface area contributed by atoms with Gasteiger partial charge in [0.05, 0.1) is 31.0 Å². The molecule has 4 aromatic heterocycles. The van der Waals surface area contributed by atoms with E-state index >= 15 is 0 Å². The summed E-state index contributed by atoms with van der Waals surface area (Å²) >= 11 is 5.30. The topological polar surface area (TPSA) is 429 Å². The van der Waals surface area contributed by atoms with E-state index in [1.54, 1.807) is 86.0 Å². The number of aliphatic hydroxyl groups is 1. The largest absolute Gasteiger partial charge is 0.431 e. The smallest absolute Gasteiger partial charge is 0.294 e. The molecule has 35 heteroatoms. The molecule has 3 amide bonds. The van der Waals surface area contributed by atoms with Gasteiger partial charge in [0.25, 0.3) is 27.3 Å². The van der Waals surface area contributed by atoms with E-state index in [9.17, 15) is 22.8 Å². The van der Waals surface area contributed by atoms with E-state index in [1.807, 2.05) is 107 Å². The molecular weight excluding hydrogens is 1180 g/mol. The quantitative estimate of drug-likeness (QED) is 0.0150. The van der Waals surface area contributed by atoms with Crippen molar-refractivity contribution in [2.75, 3.05) is 77.0 Å². The second-order valence-corrected chi connectivity index (χ2v) is 16.2. The monoisotopic (exact) mass is 1260 g/mol. The molecule has 7 rings (SSSR count). The minimum Gasteiger partial charge on any atom is -0.431 e. The highest BCUT2D eigenvalue weighted by atomic mass is 32.2. The fraction of sp³-hybridized carbons (Fsp3) is 0.431. The first kappa shape index (κ1) is 98.4. The van der Waals surface area contributed by atoms with Gasteiger partial charge in [-0.25, -0.2) is 27.5 Å². The Morgan fingerprint density at radius 3 is 1.35 bits per heavy atom. The predicted octanol–water partition coefficient (Wildman–Crippen LogP) is 7.07. The number of fused-ring (bicyclic) bond motifs is 1. The Labute approximate surface area is 515 Å². The predicted molar refractivity (Wildman–Crippen MR) is 333 cm³/mol. The van der Waals surface area contributed by atoms with Gasteiger partial charge in [0.2, 0.25) is 17.9 Å². The molecule has 1 saturated heterocycles. The molecule has 5 aromatic rings. The molecule has 32 nitrogen and oxygen atoms in total. The second kappa shape index (κ2) is 77.3. The summed E-state index contributed by atoms with van der Waals surface area (Å²) in [4.78, 5) is 63.5. The van der Waals surface area contributed by atoms with Gasteiger partial charge >= 0.3 is 0 Å². The average Bonchev–Trinajstić information content (AvgIpc) is 2.03. The Kier molecular flexibility index (Phi) is 88.5. The number of aliphatic imine (C=N–C) groups is 2. The Hall–Kier alpha value is -9.74. The van der Waals surface area contributed by atoms with Gasteiger partial charge < -0.3 is 33.1 Å². The van der Waals surface area contributed by atoms with Crippen molar-refractivity contribution >= 4 is 63.0 Å². The third-order valence-corrected chi connectivity index (χ3v) is 9.35. The maximum absolute atomic E-state index is 11.5. The van der Waals surface area contributed by atoms with Crippen LogP contribution in [0.3, 0.4) is 0 Å². The lowest BCUT2D eigenvalue weighted by atomic mass is 10.2. The number of methoxy groups -OCH3 is 2. The van der Waals surface area contributed by atoms with Gasteiger partial charge in [0.1, 0.15) is 34.6 Å². The van der Waals surface area contributed by atoms with Gasteiger partial charge in [-0.3, -0.25) is 24.0 Å². The zero-order valence-corrected chi connectivity index (χ0v) is 55.0. The lowest BCUT2D eigenvalue weighted by Gasteiger charge is -2.05. The number of nitriles is 3. The number of benzene rings is 1. The molecule has 1 N–H and O–H groups in total. The van der Waals surface area contributed by atoms with E-state index in [4.69, 9.17) is 41.3 Å². The number of ether oxygens (including phenoxy) is 2. The Morgan fingerprint density at radius 1 is 0.837 bits per heavy atom. The molecule has 6 heterocycles. The molecule has 1 fully saturated rings. The zero-order valence-electron chi connectivity index (χ0n) is 52.6. The van der Waals surface area contributed by atoms with E-state index in [2.05, 4.69) is 90.4 Å². The van der Waals surface area contributed by atoms with E-state index in [1.165, 1.54) is 71.6 Å². The zero-order chi connectivity index (χ0) is 69.3. The maximum atomic E-state index is 11.5. The number of hydrogen-bond acceptors (Lipinski definition) is 25. The summed E-state index contributed by atoms with van der Waals surface area (Å²) < 4.78 is 39.3. The molecule has 2 aliphatic rings. The number of aromatic nitrogens is 9. The van der Waals surface area contributed by atoms with Crippen LogP contribution in [0.1, 0.15) is 55.6 Å². The molecule has 0 saturated carbocycles. The lowest BCUT2D eigenvalue weighted by molar-refractivity contribution is -0.749. The van der Waals surface area contributed by atoms with Crippen LogP contribution in [-0.4, -0.2) is 178 Å². The molecular formula is C51H84N20O12S3. The van der Waals surface area contributed by atoms with Crippen LogP contribution in [0.2, 0.25) is 0 Å². The molecule has 1 aromatic carbocycles. The number of thiocyanates is 1. The molecule has 2 aliphatic heterocycles. The van der Waals surface area contributed by atoms with Gasteiger partial charge in [-0.2, -0.15) is 20.9 Å². The first-order valence-corrected chi connectivity index (χ1v) is 26.5. The summed E-state index contributed by atoms with van der Waals surface area (Å²) in [7, 11) is 17.9. The Morgan fingerprint density at radius 2 is 1.20 bits per heavy atom. The van der Waals surface area contributed by atoms with Gasteiger partial charge in [-0.15, -0.1) is 43.7 Å². The van der Waals surface area contributed by atoms with Crippen LogP contribution in [0.5, 0.6) is 0 Å². The van der Waals surface area contributed by atoms with Gasteiger partial charge in [-0.1, -0.05) is 29.4 Å². The van der Waals surface area contributed by atoms with Gasteiger partial charge in [0, 0.05) is 134 Å². The summed E-state index contributed by atoms with van der Waals surface area (Å²) in [6.07, 6.45) is 19.7. The summed E-state index contributed by atoms with van der Waals surface area (Å²) in [6.45, 7) is 15.8. The number of imide groups is 1. The molecule has 0 radical (unpaired) electrons. The maximum Gasteiger partial charge on any atom is 0.294 e. The van der Waals surface area contributed by atoms with Crippen LogP contribution < -0.4 is 0 Å². The van der Waals surface area contributed by atoms with Crippen molar-refractivity contribution in [1.29, 1.82) is 15.8 Å². The normalized spacial score (nSPS) is 9.58. The Bertz CT molecular complexity index is 2640. The number of azide groups is 1. The van der Waals surface area contributed by atoms with E-state index in [0.29, 0.717) is 12.8 Å². The SMILES string of the molecule is C=CC.C=CC.CC#N.CN1C(=O)CCC1=O.CN1C(=O)c2ccccc2S1(=O)=O.CN=C=O.CN=C=S.CN=[N+]=[N-].CO.COC.COC#N.CO[N+](=O)[O-].CSC#N.Cc1nnc(C)n1C.Cn1cccc1.Cn1cccn1.Cn1cnnc1. The van der Waals surface area contributed by atoms with Gasteiger partial charge in [-0.05, 0) is 93.8 Å². The fourth-order valence-electron chi connectivity index (χ4n) is 3.51. The standard InChI is InChI=1S/C8H7NO3S.C5H9N3.C5H7NO2.C5H7N.C4H6N2.C3H5N3.2C3H6.2C2H3NO.2C2H3NS.C2H3N.C2H6O.CH3N3.CH3NO3.CH4O/c1-9-8(10)6-4-2-3-5-7(6)13(9,11)12;1-4-6-7-5(2)8(4)3;1-6-4(7)2-3-5(6)8;2*1-6-4-2-3-5-6;1-6-2-4-5-3-6;2*1-3-2;1-4-2-3;1-3-2-4;1-4-2-3;1-3-2-4;1-2-3;1-3-2;1-3-4-2;1-5-2(3)4;1-2/h2-5H,1H3;1-3H3;2-3H2,1H3;2-5H,1H3;2-4H,1H3;2-3H,1H3;2*3H,1H2,2H3;4*1H3;1H3;1-2H3;1H3;1H3;2H,1H3. The second-order valence-electron chi connectivity index (χ2n) is 13.5. The number of allylic oxidation sites excluding steroid dienone is 2. The summed E-state index contributed by atoms with van der Waals surface area (Å²) in [5.74, 6) is 1.34. The molecule has 0 aliphatic carbocycles. The molecule has 0 bridgehead atoms. The summed E-state index contributed by atoms with van der Waals surface area (Å²) in [5.41, 5.74) is 7.59. The van der Waals surface area contributed by atoms with Crippen LogP contribution in [0.4, 0.5) is 0 Å². The molecule has 0 unspecified atom stereocenters. The summed E-state index contributed by atoms with van der Waals surface area (Å²) in [6, 6.07) is 13.8. The van der Waals surface area contributed by atoms with E-state index in [-0.39, 0.29) is 22.3 Å². The molecule has 0 spiro atoms. The molecule has 478 valence electrons. The molecule has 0 atom stereocenters. The highest BCUT2D eigenvalue weighted by molar-refractivity contribution is 8.03. The number of carbonyl (C=O) groups excluding carboxylic acids is 4. The number of thioether (sulfide) groups is 1. The minimum absolute atomic E-state index is 0.0602. The van der Waals surface area contributed by atoms with Crippen LogP contribution in [0.15, 0.2) is 125 Å². The number of carbonyl (C=O) groups is 3. The van der Waals surface area contributed by atoms with Crippen molar-refractivity contribution in [3.63, 3.8) is 0 Å². The number of aliphatic hydroxyl groups excluding tert-OH is 1. The minimum atomic E-state index is -3.55. The van der Waals surface area contributed by atoms with Crippen LogP contribution in [0, 0.1) is 57.5 Å². The number of nitrogens with zero attached hydrogens (tertiary/aromatic N) is 20. The van der Waals surface area contributed by atoms with Crippen molar-refractivity contribution in [2.24, 2.45) is 43.3 Å². The first-order chi connectivity index (χ1) is 40.7. The highest BCUT2D eigenvalue weighted by Gasteiger charge is 2.37. The van der Waals surface area contributed by atoms with Crippen molar-refractivity contribution in [2.45, 2.75) is 52.4 Å². The van der Waals surface area contributed by atoms with E-state index in [0.717, 1.165) is 41.9 Å². The lowest BCUT2D eigenvalue weighted by Crippen LogP contribution is -2.24. The van der Waals surface area contributed by atoms with Crippen molar-refractivity contribution in [3.05, 3.63) is 143 Å². The number of hydrogen-bond donors (Lipinski definition) is 1. The summed E-state index contributed by atoms with van der Waals surface area (Å²) in [5, 5.41) is 62.8. The van der Waals surface area contributed by atoms with Crippen molar-refractivity contribution in [3.8, 4) is 17.7 Å². The van der Waals surface area contributed by atoms with Crippen LogP contribution >= 0.6 is 24.0 Å². The van der Waals surface area contributed by atoms with Crippen LogP contribution in [-0.2, 0) is 66.9 Å². The van der Waals surface area contributed by atoms with Gasteiger partial charge in [0.15, 0.2) is 0 Å². The molecule has 86 heavy (non-hydrogen) atoms. The van der Waals surface area contributed by atoms with Crippen molar-refractivity contribution < 1.29 is 52.1 Å². The third-order valence-electron chi connectivity index (χ3n) is 7.18. The van der Waals surface area contributed by atoms with Crippen LogP contribution in [0.25, 0.3) is 10.4 Å². The average molecular weight is 1270 g/mol. The van der Waals surface area contributed by atoms with E-state index < -0.39 is 21.0 Å².